The van der Waals surface area contributed by atoms with Crippen molar-refractivity contribution >= 4 is 23.4 Å². The molecule has 1 heterocycles. The minimum absolute atomic E-state index is 0.0620. The van der Waals surface area contributed by atoms with Crippen molar-refractivity contribution in [2.45, 2.75) is 12.8 Å². The fourth-order valence-corrected chi connectivity index (χ4v) is 3.96. The van der Waals surface area contributed by atoms with Crippen molar-refractivity contribution in [2.75, 3.05) is 53.3 Å². The van der Waals surface area contributed by atoms with Crippen LogP contribution >= 0.6 is 0 Å². The summed E-state index contributed by atoms with van der Waals surface area (Å²) < 4.78 is 15.7. The summed E-state index contributed by atoms with van der Waals surface area (Å²) in [6.45, 7) is 0.733. The Bertz CT molecular complexity index is 1040. The number of hydrogen-bond donors (Lipinski definition) is 1. The molecule has 2 aromatic carbocycles. The molecule has 0 unspecified atom stereocenters. The van der Waals surface area contributed by atoms with Crippen molar-refractivity contribution < 1.29 is 28.6 Å². The molecule has 3 rings (SSSR count). The van der Waals surface area contributed by atoms with Gasteiger partial charge in [-0.1, -0.05) is 12.1 Å². The SMILES string of the molecule is COc1cccc(NC(=O)CN(C)C(=O)[C@H]2CC(=O)N(CCc3ccc(OC)c(OC)c3)C2)c1. The molecule has 0 aliphatic carbocycles. The highest BCUT2D eigenvalue weighted by molar-refractivity contribution is 5.96. The second-order valence-electron chi connectivity index (χ2n) is 8.15. The number of nitrogens with one attached hydrogen (secondary N) is 1. The van der Waals surface area contributed by atoms with Crippen molar-refractivity contribution in [3.8, 4) is 17.2 Å². The first-order valence-electron chi connectivity index (χ1n) is 11.0. The highest BCUT2D eigenvalue weighted by Crippen LogP contribution is 2.28. The number of likely N-dealkylation sites (tertiary alicyclic amines) is 1. The predicted octanol–water partition coefficient (Wildman–Crippen LogP) is 2.20. The Morgan fingerprint density at radius 3 is 2.53 bits per heavy atom. The molecule has 34 heavy (non-hydrogen) atoms. The molecule has 3 amide bonds. The summed E-state index contributed by atoms with van der Waals surface area (Å²) in [5.41, 5.74) is 1.59. The number of carbonyl (C=O) groups excluding carboxylic acids is 3. The lowest BCUT2D eigenvalue weighted by Gasteiger charge is -2.21. The first-order chi connectivity index (χ1) is 16.3. The summed E-state index contributed by atoms with van der Waals surface area (Å²) in [7, 11) is 6.28. The Kier molecular flexibility index (Phi) is 8.34. The number of carbonyl (C=O) groups is 3. The van der Waals surface area contributed by atoms with Gasteiger partial charge in [-0.05, 0) is 36.2 Å². The van der Waals surface area contributed by atoms with Gasteiger partial charge in [-0.25, -0.2) is 0 Å². The molecule has 9 heteroatoms. The summed E-state index contributed by atoms with van der Waals surface area (Å²) in [6.07, 6.45) is 0.776. The van der Waals surface area contributed by atoms with Gasteiger partial charge in [0.2, 0.25) is 17.7 Å². The Morgan fingerprint density at radius 1 is 1.06 bits per heavy atom. The lowest BCUT2D eigenvalue weighted by molar-refractivity contribution is -0.137. The van der Waals surface area contributed by atoms with E-state index in [1.165, 1.54) is 4.90 Å². The molecule has 1 atom stereocenters. The van der Waals surface area contributed by atoms with Crippen LogP contribution in [-0.4, -0.2) is 75.5 Å². The first-order valence-corrected chi connectivity index (χ1v) is 11.0. The van der Waals surface area contributed by atoms with Crippen LogP contribution in [0.4, 0.5) is 5.69 Å². The van der Waals surface area contributed by atoms with E-state index in [1.807, 2.05) is 18.2 Å². The average molecular weight is 470 g/mol. The molecule has 2 aromatic rings. The third-order valence-corrected chi connectivity index (χ3v) is 5.79. The smallest absolute Gasteiger partial charge is 0.243 e. The molecular weight excluding hydrogens is 438 g/mol. The largest absolute Gasteiger partial charge is 0.497 e. The van der Waals surface area contributed by atoms with Crippen molar-refractivity contribution in [2.24, 2.45) is 5.92 Å². The number of ether oxygens (including phenoxy) is 3. The van der Waals surface area contributed by atoms with E-state index in [-0.39, 0.29) is 30.7 Å². The summed E-state index contributed by atoms with van der Waals surface area (Å²) in [5.74, 6) is 0.837. The maximum Gasteiger partial charge on any atom is 0.243 e. The van der Waals surface area contributed by atoms with E-state index >= 15 is 0 Å². The summed E-state index contributed by atoms with van der Waals surface area (Å²) in [6, 6.07) is 12.6. The minimum atomic E-state index is -0.465. The van der Waals surface area contributed by atoms with Crippen LogP contribution in [0, 0.1) is 5.92 Å². The number of hydrogen-bond acceptors (Lipinski definition) is 6. The van der Waals surface area contributed by atoms with E-state index in [9.17, 15) is 14.4 Å². The molecule has 1 saturated heterocycles. The molecule has 0 spiro atoms. The van der Waals surface area contributed by atoms with E-state index in [0.717, 1.165) is 5.56 Å². The molecule has 0 saturated carbocycles. The van der Waals surface area contributed by atoms with Gasteiger partial charge in [-0.3, -0.25) is 14.4 Å². The molecule has 0 aromatic heterocycles. The maximum absolute atomic E-state index is 12.9. The Labute approximate surface area is 199 Å². The Morgan fingerprint density at radius 2 is 1.82 bits per heavy atom. The van der Waals surface area contributed by atoms with Gasteiger partial charge in [0.05, 0.1) is 33.8 Å². The van der Waals surface area contributed by atoms with Gasteiger partial charge < -0.3 is 29.3 Å². The van der Waals surface area contributed by atoms with Crippen LogP contribution < -0.4 is 19.5 Å². The van der Waals surface area contributed by atoms with Crippen LogP contribution in [0.1, 0.15) is 12.0 Å². The zero-order valence-electron chi connectivity index (χ0n) is 20.0. The van der Waals surface area contributed by atoms with Crippen LogP contribution in [-0.2, 0) is 20.8 Å². The maximum atomic E-state index is 12.9. The second-order valence-corrected chi connectivity index (χ2v) is 8.15. The topological polar surface area (TPSA) is 97.4 Å². The normalized spacial score (nSPS) is 15.1. The van der Waals surface area contributed by atoms with Crippen LogP contribution in [0.2, 0.25) is 0 Å². The Balaban J connectivity index is 1.51. The number of rotatable bonds is 10. The molecule has 1 fully saturated rings. The van der Waals surface area contributed by atoms with Crippen LogP contribution in [0.25, 0.3) is 0 Å². The molecule has 182 valence electrons. The Hall–Kier alpha value is -3.75. The van der Waals surface area contributed by atoms with Gasteiger partial charge in [-0.15, -0.1) is 0 Å². The van der Waals surface area contributed by atoms with Gasteiger partial charge in [0, 0.05) is 38.3 Å². The summed E-state index contributed by atoms with van der Waals surface area (Å²) in [5, 5.41) is 2.76. The monoisotopic (exact) mass is 469 g/mol. The van der Waals surface area contributed by atoms with Crippen LogP contribution in [0.15, 0.2) is 42.5 Å². The number of methoxy groups -OCH3 is 3. The lowest BCUT2D eigenvalue weighted by atomic mass is 10.1. The fourth-order valence-electron chi connectivity index (χ4n) is 3.96. The van der Waals surface area contributed by atoms with Crippen molar-refractivity contribution in [1.29, 1.82) is 0 Å². The molecule has 1 N–H and O–H groups in total. The predicted molar refractivity (Wildman–Crippen MR) is 127 cm³/mol. The van der Waals surface area contributed by atoms with Crippen molar-refractivity contribution in [1.82, 2.24) is 9.80 Å². The van der Waals surface area contributed by atoms with Crippen LogP contribution in [0.3, 0.4) is 0 Å². The second kappa shape index (κ2) is 11.4. The minimum Gasteiger partial charge on any atom is -0.497 e. The highest BCUT2D eigenvalue weighted by atomic mass is 16.5. The molecular formula is C25H31N3O6. The molecule has 0 bridgehead atoms. The molecule has 0 radical (unpaired) electrons. The average Bonchev–Trinajstić information content (AvgIpc) is 3.22. The number of benzene rings is 2. The third kappa shape index (κ3) is 6.18. The molecule has 9 nitrogen and oxygen atoms in total. The van der Waals surface area contributed by atoms with E-state index in [1.54, 1.807) is 57.5 Å². The fraction of sp³-hybridized carbons (Fsp3) is 0.400. The standard InChI is InChI=1S/C25H31N3O6/c1-27(16-23(29)26-19-6-5-7-20(14-19)32-2)25(31)18-13-24(30)28(15-18)11-10-17-8-9-21(33-3)22(12-17)34-4/h5-9,12,14,18H,10-11,13,15-16H2,1-4H3,(H,26,29)/t18-/m0/s1. The number of nitrogens with zero attached hydrogens (tertiary/aromatic N) is 2. The van der Waals surface area contributed by atoms with E-state index in [0.29, 0.717) is 42.4 Å². The van der Waals surface area contributed by atoms with Crippen molar-refractivity contribution in [3.05, 3.63) is 48.0 Å². The number of amides is 3. The number of likely N-dealkylation sites (N-methyl/N-ethyl adjacent to an activating group) is 1. The van der Waals surface area contributed by atoms with Gasteiger partial charge in [0.15, 0.2) is 11.5 Å². The van der Waals surface area contributed by atoms with E-state index < -0.39 is 5.92 Å². The van der Waals surface area contributed by atoms with E-state index in [4.69, 9.17) is 14.2 Å². The quantitative estimate of drug-likeness (QED) is 0.573. The van der Waals surface area contributed by atoms with Crippen molar-refractivity contribution in [3.63, 3.8) is 0 Å². The van der Waals surface area contributed by atoms with E-state index in [2.05, 4.69) is 5.32 Å². The molecule has 1 aliphatic heterocycles. The zero-order valence-corrected chi connectivity index (χ0v) is 20.0. The third-order valence-electron chi connectivity index (χ3n) is 5.79. The zero-order chi connectivity index (χ0) is 24.7. The van der Waals surface area contributed by atoms with Gasteiger partial charge in [0.25, 0.3) is 0 Å². The number of anilines is 1. The van der Waals surface area contributed by atoms with Gasteiger partial charge in [0.1, 0.15) is 5.75 Å². The summed E-state index contributed by atoms with van der Waals surface area (Å²) in [4.78, 5) is 40.8. The van der Waals surface area contributed by atoms with Gasteiger partial charge in [-0.2, -0.15) is 0 Å². The van der Waals surface area contributed by atoms with Crippen LogP contribution in [0.5, 0.6) is 17.2 Å². The first kappa shape index (κ1) is 24.9. The summed E-state index contributed by atoms with van der Waals surface area (Å²) >= 11 is 0. The molecule has 1 aliphatic rings. The van der Waals surface area contributed by atoms with Gasteiger partial charge >= 0.3 is 0 Å². The highest BCUT2D eigenvalue weighted by Gasteiger charge is 2.35. The lowest BCUT2D eigenvalue weighted by Crippen LogP contribution is -2.39.